The summed E-state index contributed by atoms with van der Waals surface area (Å²) in [5.41, 5.74) is 4.99. The van der Waals surface area contributed by atoms with Gasteiger partial charge in [0.1, 0.15) is 19.0 Å². The van der Waals surface area contributed by atoms with Crippen LogP contribution in [0.5, 0.6) is 5.75 Å². The van der Waals surface area contributed by atoms with E-state index >= 15 is 0 Å². The van der Waals surface area contributed by atoms with Crippen molar-refractivity contribution in [1.82, 2.24) is 4.98 Å². The molecule has 0 aliphatic carbocycles. The number of rotatable bonds is 6. The van der Waals surface area contributed by atoms with Gasteiger partial charge in [0.25, 0.3) is 5.91 Å². The number of amides is 1. The number of fused-ring (bicyclic) bond motifs is 2. The molecule has 0 unspecified atom stereocenters. The highest BCUT2D eigenvalue weighted by Gasteiger charge is 2.45. The minimum Gasteiger partial charge on any atom is -0.487 e. The number of ether oxygens (including phenoxy) is 1. The van der Waals surface area contributed by atoms with Crippen molar-refractivity contribution in [3.05, 3.63) is 101 Å². The molecule has 0 atom stereocenters. The van der Waals surface area contributed by atoms with Crippen LogP contribution in [0.1, 0.15) is 36.2 Å². The second-order valence-corrected chi connectivity index (χ2v) is 8.90. The van der Waals surface area contributed by atoms with E-state index in [2.05, 4.69) is 11.1 Å². The number of carbonyl (C=O) groups excluding carboxylic acids is 1. The standard InChI is InChI=1S/C28H26N2O3/c1-19-8-6-12-24-26(19)30(27(31)28(24,2)3)33-17-20-9-7-11-23(16-20)32-18-22-15-14-21-10-4-5-13-25(21)29-22/h4-16H,17-18H2,1-3H3. The van der Waals surface area contributed by atoms with Gasteiger partial charge in [-0.05, 0) is 61.7 Å². The molecule has 4 aromatic rings. The average molecular weight is 439 g/mol. The first kappa shape index (κ1) is 21.2. The number of aryl methyl sites for hydroxylation is 1. The van der Waals surface area contributed by atoms with Crippen molar-refractivity contribution in [3.8, 4) is 5.75 Å². The number of hydrogen-bond acceptors (Lipinski definition) is 4. The topological polar surface area (TPSA) is 51.7 Å². The predicted octanol–water partition coefficient (Wildman–Crippen LogP) is 5.88. The first-order valence-electron chi connectivity index (χ1n) is 11.1. The van der Waals surface area contributed by atoms with E-state index < -0.39 is 5.41 Å². The van der Waals surface area contributed by atoms with Crippen molar-refractivity contribution in [3.63, 3.8) is 0 Å². The number of benzene rings is 3. The maximum Gasteiger partial charge on any atom is 0.261 e. The molecule has 1 aromatic heterocycles. The summed E-state index contributed by atoms with van der Waals surface area (Å²) in [4.78, 5) is 23.7. The van der Waals surface area contributed by atoms with Gasteiger partial charge in [-0.1, -0.05) is 54.6 Å². The van der Waals surface area contributed by atoms with Gasteiger partial charge >= 0.3 is 0 Å². The third-order valence-corrected chi connectivity index (χ3v) is 6.13. The van der Waals surface area contributed by atoms with Crippen LogP contribution in [-0.4, -0.2) is 10.9 Å². The minimum atomic E-state index is -0.612. The summed E-state index contributed by atoms with van der Waals surface area (Å²) in [6.07, 6.45) is 0. The maximum atomic E-state index is 13.0. The van der Waals surface area contributed by atoms with Gasteiger partial charge in [0.2, 0.25) is 0 Å². The molecule has 0 saturated carbocycles. The molecule has 3 aromatic carbocycles. The van der Waals surface area contributed by atoms with E-state index in [0.29, 0.717) is 6.61 Å². The van der Waals surface area contributed by atoms with Crippen LogP contribution in [0, 0.1) is 6.92 Å². The monoisotopic (exact) mass is 438 g/mol. The van der Waals surface area contributed by atoms with E-state index in [4.69, 9.17) is 9.57 Å². The Morgan fingerprint density at radius 1 is 0.909 bits per heavy atom. The Hall–Kier alpha value is -3.70. The van der Waals surface area contributed by atoms with Crippen molar-refractivity contribution in [1.29, 1.82) is 0 Å². The number of para-hydroxylation sites is 2. The van der Waals surface area contributed by atoms with E-state index in [1.54, 1.807) is 0 Å². The Balaban J connectivity index is 1.28. The van der Waals surface area contributed by atoms with E-state index in [9.17, 15) is 4.79 Å². The van der Waals surface area contributed by atoms with Gasteiger partial charge in [0.15, 0.2) is 0 Å². The summed E-state index contributed by atoms with van der Waals surface area (Å²) in [5.74, 6) is 0.678. The number of pyridine rings is 1. The van der Waals surface area contributed by atoms with E-state index in [1.165, 1.54) is 5.06 Å². The Labute approximate surface area is 193 Å². The highest BCUT2D eigenvalue weighted by atomic mass is 16.7. The normalized spacial score (nSPS) is 14.5. The van der Waals surface area contributed by atoms with Gasteiger partial charge in [-0.2, -0.15) is 5.06 Å². The fraction of sp³-hybridized carbons (Fsp3) is 0.214. The Morgan fingerprint density at radius 2 is 1.73 bits per heavy atom. The Bertz CT molecular complexity index is 1350. The van der Waals surface area contributed by atoms with Gasteiger partial charge in [-0.3, -0.25) is 9.63 Å². The number of anilines is 1. The van der Waals surface area contributed by atoms with Crippen LogP contribution in [0.4, 0.5) is 5.69 Å². The average Bonchev–Trinajstić information content (AvgIpc) is 3.03. The van der Waals surface area contributed by atoms with Gasteiger partial charge < -0.3 is 4.74 Å². The smallest absolute Gasteiger partial charge is 0.261 e. The highest BCUT2D eigenvalue weighted by molar-refractivity contribution is 6.06. The SMILES string of the molecule is Cc1cccc2c1N(OCc1cccc(OCc3ccc4ccccc4n3)c1)C(=O)C2(C)C. The van der Waals surface area contributed by atoms with Crippen LogP contribution in [0.15, 0.2) is 78.9 Å². The molecular weight excluding hydrogens is 412 g/mol. The van der Waals surface area contributed by atoms with Crippen molar-refractivity contribution >= 4 is 22.5 Å². The molecule has 2 heterocycles. The molecule has 5 nitrogen and oxygen atoms in total. The molecule has 166 valence electrons. The number of nitrogens with zero attached hydrogens (tertiary/aromatic N) is 2. The van der Waals surface area contributed by atoms with Crippen molar-refractivity contribution < 1.29 is 14.4 Å². The van der Waals surface area contributed by atoms with Crippen molar-refractivity contribution in [2.45, 2.75) is 39.4 Å². The molecule has 0 N–H and O–H groups in total. The number of aromatic nitrogens is 1. The van der Waals surface area contributed by atoms with E-state index in [0.717, 1.165) is 44.7 Å². The fourth-order valence-corrected chi connectivity index (χ4v) is 4.24. The van der Waals surface area contributed by atoms with E-state index in [1.807, 2.05) is 93.6 Å². The second kappa shape index (κ2) is 8.34. The lowest BCUT2D eigenvalue weighted by Gasteiger charge is -2.20. The molecule has 0 bridgehead atoms. The molecule has 1 aliphatic heterocycles. The zero-order valence-corrected chi connectivity index (χ0v) is 19.0. The first-order chi connectivity index (χ1) is 15.9. The van der Waals surface area contributed by atoms with Gasteiger partial charge in [0, 0.05) is 5.39 Å². The molecule has 1 amide bonds. The van der Waals surface area contributed by atoms with Crippen LogP contribution in [0.25, 0.3) is 10.9 Å². The van der Waals surface area contributed by atoms with Crippen LogP contribution in [0.2, 0.25) is 0 Å². The van der Waals surface area contributed by atoms with Crippen molar-refractivity contribution in [2.24, 2.45) is 0 Å². The lowest BCUT2D eigenvalue weighted by Crippen LogP contribution is -2.36. The molecule has 0 saturated heterocycles. The molecule has 0 fully saturated rings. The van der Waals surface area contributed by atoms with Crippen molar-refractivity contribution in [2.75, 3.05) is 5.06 Å². The maximum absolute atomic E-state index is 13.0. The number of hydrogen-bond donors (Lipinski definition) is 0. The predicted molar refractivity (Wildman–Crippen MR) is 129 cm³/mol. The molecule has 33 heavy (non-hydrogen) atoms. The summed E-state index contributed by atoms with van der Waals surface area (Å²) in [6, 6.07) is 25.8. The molecular formula is C28H26N2O3. The first-order valence-corrected chi connectivity index (χ1v) is 11.1. The largest absolute Gasteiger partial charge is 0.487 e. The van der Waals surface area contributed by atoms with Gasteiger partial charge in [0.05, 0.1) is 22.3 Å². The minimum absolute atomic E-state index is 0.0541. The van der Waals surface area contributed by atoms with Crippen LogP contribution in [-0.2, 0) is 28.3 Å². The molecule has 0 spiro atoms. The molecule has 0 radical (unpaired) electrons. The third kappa shape index (κ3) is 3.96. The lowest BCUT2D eigenvalue weighted by atomic mass is 9.85. The summed E-state index contributed by atoms with van der Waals surface area (Å²) in [7, 11) is 0. The molecule has 5 rings (SSSR count). The summed E-state index contributed by atoms with van der Waals surface area (Å²) < 4.78 is 5.98. The van der Waals surface area contributed by atoms with E-state index in [-0.39, 0.29) is 12.5 Å². The zero-order valence-electron chi connectivity index (χ0n) is 19.0. The summed E-state index contributed by atoms with van der Waals surface area (Å²) >= 11 is 0. The van der Waals surface area contributed by atoms with Crippen LogP contribution < -0.4 is 9.80 Å². The Morgan fingerprint density at radius 3 is 2.61 bits per heavy atom. The van der Waals surface area contributed by atoms with Crippen LogP contribution >= 0.6 is 0 Å². The zero-order chi connectivity index (χ0) is 23.0. The van der Waals surface area contributed by atoms with Crippen LogP contribution in [0.3, 0.4) is 0 Å². The second-order valence-electron chi connectivity index (χ2n) is 8.90. The third-order valence-electron chi connectivity index (χ3n) is 6.13. The number of hydroxylamine groups is 1. The summed E-state index contributed by atoms with van der Waals surface area (Å²) in [6.45, 7) is 6.51. The highest BCUT2D eigenvalue weighted by Crippen LogP contribution is 2.43. The molecule has 1 aliphatic rings. The molecule has 5 heteroatoms. The quantitative estimate of drug-likeness (QED) is 0.377. The number of carbonyl (C=O) groups is 1. The Kier molecular flexibility index (Phi) is 5.35. The summed E-state index contributed by atoms with van der Waals surface area (Å²) in [5, 5.41) is 2.56. The fourth-order valence-electron chi connectivity index (χ4n) is 4.24. The van der Waals surface area contributed by atoms with Gasteiger partial charge in [-0.25, -0.2) is 4.98 Å². The van der Waals surface area contributed by atoms with Gasteiger partial charge in [-0.15, -0.1) is 0 Å². The lowest BCUT2D eigenvalue weighted by molar-refractivity contribution is -0.129.